The molecule has 2 rings (SSSR count). The van der Waals surface area contributed by atoms with Gasteiger partial charge in [0.15, 0.2) is 0 Å². The highest BCUT2D eigenvalue weighted by Crippen LogP contribution is 2.25. The molecule has 2 amide bonds. The summed E-state index contributed by atoms with van der Waals surface area (Å²) >= 11 is 1.22. The number of thiophene rings is 1. The number of carboxylic acid groups (broad SMARTS) is 1. The van der Waals surface area contributed by atoms with Gasteiger partial charge in [0.1, 0.15) is 11.5 Å². The molecule has 0 aliphatic carbocycles. The van der Waals surface area contributed by atoms with E-state index in [1.54, 1.807) is 23.6 Å². The minimum absolute atomic E-state index is 0.279. The van der Waals surface area contributed by atoms with Gasteiger partial charge in [0, 0.05) is 12.6 Å². The van der Waals surface area contributed by atoms with E-state index in [0.29, 0.717) is 16.5 Å². The number of aliphatic carboxylic acids is 1. The number of hydrogen-bond donors (Lipinski definition) is 2. The fourth-order valence-corrected chi connectivity index (χ4v) is 3.02. The highest BCUT2D eigenvalue weighted by Gasteiger charge is 2.20. The molecule has 0 aliphatic rings. The lowest BCUT2D eigenvalue weighted by Gasteiger charge is -2.15. The summed E-state index contributed by atoms with van der Waals surface area (Å²) < 4.78 is 0. The second kappa shape index (κ2) is 7.94. The Labute approximate surface area is 150 Å². The van der Waals surface area contributed by atoms with Crippen molar-refractivity contribution < 1.29 is 19.5 Å². The Morgan fingerprint density at radius 3 is 2.36 bits per heavy atom. The number of anilines is 1. The third-order valence-electron chi connectivity index (χ3n) is 3.68. The Hall–Kier alpha value is -2.67. The zero-order valence-corrected chi connectivity index (χ0v) is 15.1. The summed E-state index contributed by atoms with van der Waals surface area (Å²) in [6, 6.07) is 8.87. The van der Waals surface area contributed by atoms with Crippen LogP contribution >= 0.6 is 11.3 Å². The van der Waals surface area contributed by atoms with Crippen molar-refractivity contribution in [2.75, 3.05) is 18.9 Å². The van der Waals surface area contributed by atoms with Crippen molar-refractivity contribution in [2.45, 2.75) is 19.8 Å². The summed E-state index contributed by atoms with van der Waals surface area (Å²) in [6.07, 6.45) is 0. The Bertz CT molecular complexity index is 781. The van der Waals surface area contributed by atoms with Crippen molar-refractivity contribution in [2.24, 2.45) is 0 Å². The van der Waals surface area contributed by atoms with E-state index in [1.807, 2.05) is 12.1 Å². The number of carbonyl (C=O) groups excluding carboxylic acids is 2. The van der Waals surface area contributed by atoms with E-state index in [0.717, 1.165) is 10.5 Å². The molecule has 0 spiro atoms. The Morgan fingerprint density at radius 1 is 1.16 bits per heavy atom. The summed E-state index contributed by atoms with van der Waals surface area (Å²) in [4.78, 5) is 36.6. The molecular weight excluding hydrogens is 340 g/mol. The standard InChI is InChI=1S/C18H20N2O4S/c1-11(2)12-4-6-13(7-5-12)16(23)19-17-14(8-9-25-17)18(24)20(3)10-15(21)22/h4-9,11H,10H2,1-3H3,(H,19,23)(H,21,22). The van der Waals surface area contributed by atoms with Gasteiger partial charge in [0.25, 0.3) is 11.8 Å². The molecule has 132 valence electrons. The number of hydrogen-bond acceptors (Lipinski definition) is 4. The fraction of sp³-hybridized carbons (Fsp3) is 0.278. The van der Waals surface area contributed by atoms with Gasteiger partial charge in [-0.05, 0) is 35.1 Å². The molecule has 1 aromatic carbocycles. The van der Waals surface area contributed by atoms with E-state index in [4.69, 9.17) is 5.11 Å². The van der Waals surface area contributed by atoms with Gasteiger partial charge in [0.2, 0.25) is 0 Å². The minimum atomic E-state index is -1.10. The number of benzene rings is 1. The summed E-state index contributed by atoms with van der Waals surface area (Å²) in [5.74, 6) is -1.48. The first-order chi connectivity index (χ1) is 11.8. The van der Waals surface area contributed by atoms with E-state index >= 15 is 0 Å². The Kier molecular flexibility index (Phi) is 5.93. The van der Waals surface area contributed by atoms with Crippen LogP contribution in [-0.4, -0.2) is 41.4 Å². The quantitative estimate of drug-likeness (QED) is 0.828. The monoisotopic (exact) mass is 360 g/mol. The van der Waals surface area contributed by atoms with Crippen molar-refractivity contribution in [3.05, 3.63) is 52.4 Å². The first kappa shape index (κ1) is 18.7. The fourth-order valence-electron chi connectivity index (χ4n) is 2.25. The average Bonchev–Trinajstić information content (AvgIpc) is 3.01. The van der Waals surface area contributed by atoms with Crippen molar-refractivity contribution in [3.8, 4) is 0 Å². The molecule has 6 nitrogen and oxygen atoms in total. The number of likely N-dealkylation sites (N-methyl/N-ethyl adjacent to an activating group) is 1. The molecule has 1 heterocycles. The molecule has 1 aromatic heterocycles. The third-order valence-corrected chi connectivity index (χ3v) is 4.51. The van der Waals surface area contributed by atoms with E-state index in [2.05, 4.69) is 19.2 Å². The average molecular weight is 360 g/mol. The van der Waals surface area contributed by atoms with Gasteiger partial charge >= 0.3 is 5.97 Å². The highest BCUT2D eigenvalue weighted by molar-refractivity contribution is 7.14. The number of nitrogens with zero attached hydrogens (tertiary/aromatic N) is 1. The number of carboxylic acids is 1. The van der Waals surface area contributed by atoms with Crippen molar-refractivity contribution >= 4 is 34.1 Å². The molecule has 0 saturated heterocycles. The van der Waals surface area contributed by atoms with Crippen LogP contribution in [0.25, 0.3) is 0 Å². The zero-order chi connectivity index (χ0) is 18.6. The van der Waals surface area contributed by atoms with Crippen LogP contribution in [0.15, 0.2) is 35.7 Å². The van der Waals surface area contributed by atoms with Crippen molar-refractivity contribution in [1.29, 1.82) is 0 Å². The lowest BCUT2D eigenvalue weighted by Crippen LogP contribution is -2.32. The van der Waals surface area contributed by atoms with E-state index < -0.39 is 18.4 Å². The lowest BCUT2D eigenvalue weighted by molar-refractivity contribution is -0.137. The predicted molar refractivity (Wildman–Crippen MR) is 97.4 cm³/mol. The molecule has 0 aliphatic heterocycles. The van der Waals surface area contributed by atoms with E-state index in [-0.39, 0.29) is 11.5 Å². The second-order valence-electron chi connectivity index (χ2n) is 5.95. The summed E-state index contributed by atoms with van der Waals surface area (Å²) in [5, 5.41) is 13.6. The zero-order valence-electron chi connectivity index (χ0n) is 14.3. The van der Waals surface area contributed by atoms with Crippen LogP contribution in [0.1, 0.15) is 46.0 Å². The van der Waals surface area contributed by atoms with E-state index in [1.165, 1.54) is 18.4 Å². The first-order valence-electron chi connectivity index (χ1n) is 7.75. The van der Waals surface area contributed by atoms with Crippen LogP contribution in [0.3, 0.4) is 0 Å². The first-order valence-corrected chi connectivity index (χ1v) is 8.63. The van der Waals surface area contributed by atoms with Gasteiger partial charge in [0.05, 0.1) is 5.56 Å². The van der Waals surface area contributed by atoms with Gasteiger partial charge in [-0.3, -0.25) is 14.4 Å². The van der Waals surface area contributed by atoms with Gasteiger partial charge in [-0.1, -0.05) is 26.0 Å². The number of nitrogens with one attached hydrogen (secondary N) is 1. The van der Waals surface area contributed by atoms with Crippen LogP contribution in [0.2, 0.25) is 0 Å². The molecule has 0 bridgehead atoms. The van der Waals surface area contributed by atoms with Crippen LogP contribution in [0.4, 0.5) is 5.00 Å². The Morgan fingerprint density at radius 2 is 1.80 bits per heavy atom. The maximum absolute atomic E-state index is 12.4. The number of rotatable bonds is 6. The molecular formula is C18H20N2O4S. The molecule has 2 N–H and O–H groups in total. The SMILES string of the molecule is CC(C)c1ccc(C(=O)Nc2sccc2C(=O)N(C)CC(=O)O)cc1. The summed E-state index contributed by atoms with van der Waals surface area (Å²) in [5.41, 5.74) is 1.91. The maximum Gasteiger partial charge on any atom is 0.323 e. The van der Waals surface area contributed by atoms with Gasteiger partial charge < -0.3 is 15.3 Å². The highest BCUT2D eigenvalue weighted by atomic mass is 32.1. The molecule has 0 saturated carbocycles. The molecule has 0 unspecified atom stereocenters. The van der Waals surface area contributed by atoms with Gasteiger partial charge in [-0.25, -0.2) is 0 Å². The Balaban J connectivity index is 2.13. The van der Waals surface area contributed by atoms with Gasteiger partial charge in [-0.2, -0.15) is 0 Å². The smallest absolute Gasteiger partial charge is 0.323 e. The summed E-state index contributed by atoms with van der Waals surface area (Å²) in [6.45, 7) is 3.75. The van der Waals surface area contributed by atoms with Gasteiger partial charge in [-0.15, -0.1) is 11.3 Å². The molecule has 0 fully saturated rings. The normalized spacial score (nSPS) is 10.6. The maximum atomic E-state index is 12.4. The predicted octanol–water partition coefficient (Wildman–Crippen LogP) is 3.28. The summed E-state index contributed by atoms with van der Waals surface area (Å²) in [7, 11) is 1.41. The molecule has 0 atom stereocenters. The molecule has 0 radical (unpaired) electrons. The van der Waals surface area contributed by atoms with E-state index in [9.17, 15) is 14.4 Å². The molecule has 2 aromatic rings. The van der Waals surface area contributed by atoms with Crippen LogP contribution < -0.4 is 5.32 Å². The minimum Gasteiger partial charge on any atom is -0.480 e. The van der Waals surface area contributed by atoms with Crippen LogP contribution in [0, 0.1) is 0 Å². The molecule has 25 heavy (non-hydrogen) atoms. The number of amides is 2. The molecule has 7 heteroatoms. The lowest BCUT2D eigenvalue weighted by atomic mass is 10.0. The topological polar surface area (TPSA) is 86.7 Å². The van der Waals surface area contributed by atoms with Crippen molar-refractivity contribution in [3.63, 3.8) is 0 Å². The van der Waals surface area contributed by atoms with Crippen LogP contribution in [0.5, 0.6) is 0 Å². The third kappa shape index (κ3) is 4.67. The largest absolute Gasteiger partial charge is 0.480 e. The second-order valence-corrected chi connectivity index (χ2v) is 6.87. The van der Waals surface area contributed by atoms with Crippen LogP contribution in [-0.2, 0) is 4.79 Å². The number of carbonyl (C=O) groups is 3. The van der Waals surface area contributed by atoms with Crippen molar-refractivity contribution in [1.82, 2.24) is 4.90 Å².